The van der Waals surface area contributed by atoms with Gasteiger partial charge in [0.25, 0.3) is 5.91 Å². The fourth-order valence-corrected chi connectivity index (χ4v) is 3.28. The summed E-state index contributed by atoms with van der Waals surface area (Å²) in [4.78, 5) is 31.2. The molecule has 2 amide bonds. The van der Waals surface area contributed by atoms with Gasteiger partial charge in [-0.1, -0.05) is 42.1 Å². The molecule has 0 radical (unpaired) electrons. The predicted octanol–water partition coefficient (Wildman–Crippen LogP) is 2.34. The molecule has 0 saturated heterocycles. The lowest BCUT2D eigenvalue weighted by atomic mass is 10.1. The van der Waals surface area contributed by atoms with Gasteiger partial charge in [0.2, 0.25) is 11.1 Å². The molecule has 0 spiro atoms. The van der Waals surface area contributed by atoms with E-state index in [9.17, 15) is 9.59 Å². The van der Waals surface area contributed by atoms with Crippen molar-refractivity contribution in [2.75, 3.05) is 11.1 Å². The third kappa shape index (κ3) is 3.44. The van der Waals surface area contributed by atoms with Crippen LogP contribution in [-0.4, -0.2) is 37.7 Å². The van der Waals surface area contributed by atoms with Crippen molar-refractivity contribution in [2.45, 2.75) is 5.16 Å². The number of amides is 2. The molecule has 134 valence electrons. The molecule has 9 heteroatoms. The largest absolute Gasteiger partial charge is 0.366 e. The number of nitrogens with two attached hydrogens (primary N) is 1. The molecule has 0 aliphatic rings. The summed E-state index contributed by atoms with van der Waals surface area (Å²) in [6.45, 7) is 0. The zero-order valence-corrected chi connectivity index (χ0v) is 14.8. The fourth-order valence-electron chi connectivity index (χ4n) is 2.69. The normalized spacial score (nSPS) is 11.0. The molecule has 2 heterocycles. The van der Waals surface area contributed by atoms with Gasteiger partial charge < -0.3 is 16.0 Å². The van der Waals surface area contributed by atoms with E-state index in [0.717, 1.165) is 22.7 Å². The number of aromatic amines is 1. The number of anilines is 1. The van der Waals surface area contributed by atoms with Gasteiger partial charge in [0.15, 0.2) is 5.65 Å². The molecular weight excluding hydrogens is 364 g/mol. The van der Waals surface area contributed by atoms with Gasteiger partial charge in [0.05, 0.1) is 17.0 Å². The van der Waals surface area contributed by atoms with Crippen LogP contribution in [0.1, 0.15) is 10.4 Å². The maximum Gasteiger partial charge on any atom is 0.250 e. The minimum Gasteiger partial charge on any atom is -0.366 e. The van der Waals surface area contributed by atoms with E-state index in [2.05, 4.69) is 25.5 Å². The first-order chi connectivity index (χ1) is 13.1. The van der Waals surface area contributed by atoms with E-state index in [-0.39, 0.29) is 17.2 Å². The molecule has 8 nitrogen and oxygen atoms in total. The SMILES string of the molecule is NC(=O)c1ccccc1NC(=O)CSc1nnc2c(n1)[nH]c1ccccc12. The first kappa shape index (κ1) is 17.0. The van der Waals surface area contributed by atoms with Gasteiger partial charge >= 0.3 is 0 Å². The molecule has 4 rings (SSSR count). The van der Waals surface area contributed by atoms with Gasteiger partial charge in [-0.3, -0.25) is 9.59 Å². The average Bonchev–Trinajstić information content (AvgIpc) is 3.04. The molecule has 0 unspecified atom stereocenters. The van der Waals surface area contributed by atoms with Crippen molar-refractivity contribution in [3.05, 3.63) is 54.1 Å². The number of nitrogens with one attached hydrogen (secondary N) is 2. The third-order valence-corrected chi connectivity index (χ3v) is 4.74. The lowest BCUT2D eigenvalue weighted by molar-refractivity contribution is -0.113. The zero-order chi connectivity index (χ0) is 18.8. The number of primary amides is 1. The molecule has 0 atom stereocenters. The van der Waals surface area contributed by atoms with E-state index < -0.39 is 5.91 Å². The second-order valence-electron chi connectivity index (χ2n) is 5.71. The van der Waals surface area contributed by atoms with Crippen LogP contribution in [0, 0.1) is 0 Å². The number of thioether (sulfide) groups is 1. The monoisotopic (exact) mass is 378 g/mol. The number of carbonyl (C=O) groups is 2. The Labute approximate surface area is 157 Å². The van der Waals surface area contributed by atoms with Crippen molar-refractivity contribution in [3.63, 3.8) is 0 Å². The van der Waals surface area contributed by atoms with Crippen molar-refractivity contribution >= 4 is 51.3 Å². The lowest BCUT2D eigenvalue weighted by Crippen LogP contribution is -2.19. The van der Waals surface area contributed by atoms with Crippen LogP contribution in [0.5, 0.6) is 0 Å². The van der Waals surface area contributed by atoms with E-state index in [1.54, 1.807) is 24.3 Å². The molecular formula is C18H14N6O2S. The molecule has 0 aliphatic carbocycles. The lowest BCUT2D eigenvalue weighted by Gasteiger charge is -2.08. The molecule has 0 fully saturated rings. The first-order valence-corrected chi connectivity index (χ1v) is 9.03. The Morgan fingerprint density at radius 1 is 1.07 bits per heavy atom. The summed E-state index contributed by atoms with van der Waals surface area (Å²) < 4.78 is 0. The highest BCUT2D eigenvalue weighted by Crippen LogP contribution is 2.23. The van der Waals surface area contributed by atoms with Crippen molar-refractivity contribution in [3.8, 4) is 0 Å². The second kappa shape index (κ2) is 7.04. The van der Waals surface area contributed by atoms with E-state index in [1.165, 1.54) is 0 Å². The first-order valence-electron chi connectivity index (χ1n) is 8.04. The highest BCUT2D eigenvalue weighted by atomic mass is 32.2. The summed E-state index contributed by atoms with van der Waals surface area (Å²) >= 11 is 1.15. The van der Waals surface area contributed by atoms with Crippen molar-refractivity contribution in [2.24, 2.45) is 5.73 Å². The van der Waals surface area contributed by atoms with Crippen LogP contribution in [-0.2, 0) is 4.79 Å². The summed E-state index contributed by atoms with van der Waals surface area (Å²) in [5.74, 6) is -0.829. The van der Waals surface area contributed by atoms with Crippen molar-refractivity contribution in [1.29, 1.82) is 0 Å². The Kier molecular flexibility index (Phi) is 4.43. The van der Waals surface area contributed by atoms with Gasteiger partial charge in [-0.15, -0.1) is 10.2 Å². The number of rotatable bonds is 5. The standard InChI is InChI=1S/C18H14N6O2S/c19-16(26)11-6-2-4-8-13(11)20-14(25)9-27-18-22-17-15(23-24-18)10-5-1-3-7-12(10)21-17/h1-8H,9H2,(H2,19,26)(H,20,25)(H,21,22,24). The second-order valence-corrected chi connectivity index (χ2v) is 6.65. The minimum absolute atomic E-state index is 0.0700. The summed E-state index contributed by atoms with van der Waals surface area (Å²) in [6.07, 6.45) is 0. The predicted molar refractivity (Wildman–Crippen MR) is 104 cm³/mol. The van der Waals surface area contributed by atoms with Gasteiger partial charge in [-0.05, 0) is 18.2 Å². The topological polar surface area (TPSA) is 127 Å². The van der Waals surface area contributed by atoms with Crippen LogP contribution in [0.3, 0.4) is 0 Å². The molecule has 27 heavy (non-hydrogen) atoms. The number of benzene rings is 2. The summed E-state index contributed by atoms with van der Waals surface area (Å²) in [5, 5.41) is 12.3. The molecule has 4 aromatic rings. The van der Waals surface area contributed by atoms with E-state index >= 15 is 0 Å². The number of para-hydroxylation sites is 2. The molecule has 0 bridgehead atoms. The number of aromatic nitrogens is 4. The summed E-state index contributed by atoms with van der Waals surface area (Å²) in [5.41, 5.74) is 8.18. The minimum atomic E-state index is -0.602. The van der Waals surface area contributed by atoms with E-state index in [1.807, 2.05) is 24.3 Å². The summed E-state index contributed by atoms with van der Waals surface area (Å²) in [6, 6.07) is 14.3. The van der Waals surface area contributed by atoms with Gasteiger partial charge in [-0.2, -0.15) is 0 Å². The highest BCUT2D eigenvalue weighted by Gasteiger charge is 2.13. The number of hydrogen-bond donors (Lipinski definition) is 3. The van der Waals surface area contributed by atoms with E-state index in [0.29, 0.717) is 22.0 Å². The molecule has 4 N–H and O–H groups in total. The van der Waals surface area contributed by atoms with Gasteiger partial charge in [0, 0.05) is 10.9 Å². The molecule has 0 saturated carbocycles. The van der Waals surface area contributed by atoms with Crippen LogP contribution in [0.25, 0.3) is 22.1 Å². The third-order valence-electron chi connectivity index (χ3n) is 3.90. The Hall–Kier alpha value is -3.46. The van der Waals surface area contributed by atoms with Crippen LogP contribution in [0.4, 0.5) is 5.69 Å². The Morgan fingerprint density at radius 3 is 2.70 bits per heavy atom. The number of carbonyl (C=O) groups excluding carboxylic acids is 2. The quantitative estimate of drug-likeness (QED) is 0.458. The van der Waals surface area contributed by atoms with Crippen molar-refractivity contribution < 1.29 is 9.59 Å². The molecule has 2 aromatic carbocycles. The zero-order valence-electron chi connectivity index (χ0n) is 14.0. The Bertz CT molecular complexity index is 1170. The van der Waals surface area contributed by atoms with E-state index in [4.69, 9.17) is 5.73 Å². The summed E-state index contributed by atoms with van der Waals surface area (Å²) in [7, 11) is 0. The molecule has 2 aromatic heterocycles. The Balaban J connectivity index is 1.48. The average molecular weight is 378 g/mol. The van der Waals surface area contributed by atoms with Crippen LogP contribution >= 0.6 is 11.8 Å². The number of H-pyrrole nitrogens is 1. The maximum absolute atomic E-state index is 12.2. The Morgan fingerprint density at radius 2 is 1.85 bits per heavy atom. The van der Waals surface area contributed by atoms with Gasteiger partial charge in [-0.25, -0.2) is 4.98 Å². The fraction of sp³-hybridized carbons (Fsp3) is 0.0556. The van der Waals surface area contributed by atoms with Gasteiger partial charge in [0.1, 0.15) is 5.52 Å². The van der Waals surface area contributed by atoms with Crippen LogP contribution < -0.4 is 11.1 Å². The van der Waals surface area contributed by atoms with Crippen LogP contribution in [0.2, 0.25) is 0 Å². The number of nitrogens with zero attached hydrogens (tertiary/aromatic N) is 3. The smallest absolute Gasteiger partial charge is 0.250 e. The number of fused-ring (bicyclic) bond motifs is 3. The maximum atomic E-state index is 12.2. The highest BCUT2D eigenvalue weighted by molar-refractivity contribution is 7.99. The number of hydrogen-bond acceptors (Lipinski definition) is 6. The van der Waals surface area contributed by atoms with Crippen molar-refractivity contribution in [1.82, 2.24) is 20.2 Å². The molecule has 0 aliphatic heterocycles. The van der Waals surface area contributed by atoms with Crippen LogP contribution in [0.15, 0.2) is 53.7 Å².